The Labute approximate surface area is 433 Å². The predicted molar refractivity (Wildman–Crippen MR) is 315 cm³/mol. The van der Waals surface area contributed by atoms with Gasteiger partial charge in [-0.3, -0.25) is 5.41 Å². The molecule has 74 heavy (non-hydrogen) atoms. The molecular formula is C69H46N4S. The number of hydrogen-bond acceptors (Lipinski definition) is 2. The lowest BCUT2D eigenvalue weighted by Crippen LogP contribution is -2.07. The Balaban J connectivity index is 1.02. The average molecular weight is 963 g/mol. The number of amidine groups is 2. The van der Waals surface area contributed by atoms with E-state index < -0.39 is 0 Å². The van der Waals surface area contributed by atoms with E-state index >= 15 is 0 Å². The fourth-order valence-corrected chi connectivity index (χ4v) is 11.7. The molecule has 13 aromatic rings. The molecule has 0 bridgehead atoms. The van der Waals surface area contributed by atoms with Crippen LogP contribution in [0.4, 0.5) is 0 Å². The van der Waals surface area contributed by atoms with Gasteiger partial charge in [-0.15, -0.1) is 11.3 Å². The van der Waals surface area contributed by atoms with Crippen LogP contribution in [0.2, 0.25) is 0 Å². The Morgan fingerprint density at radius 2 is 0.878 bits per heavy atom. The zero-order chi connectivity index (χ0) is 49.4. The summed E-state index contributed by atoms with van der Waals surface area (Å²) in [4.78, 5) is 10.4. The third kappa shape index (κ3) is 8.31. The molecule has 0 aliphatic rings. The molecule has 0 radical (unpaired) electrons. The van der Waals surface area contributed by atoms with E-state index in [9.17, 15) is 5.41 Å². The lowest BCUT2D eigenvalue weighted by atomic mass is 9.92. The zero-order valence-electron chi connectivity index (χ0n) is 40.2. The van der Waals surface area contributed by atoms with Gasteiger partial charge in [-0.1, -0.05) is 218 Å². The molecule has 0 unspecified atom stereocenters. The SMILES string of the molecule is N=C(/N=C(\N=C\c1cc(-c2ccccc2)cc(-c2ccccc2)c1)c1ccc(-c2ccccc2)cc1)c1cc(-c2ccccc2)c(-n2c3ccccc3c3c4sc5ccccc5c4ccc32)c(-c2ccccc2)c1. The first-order valence-corrected chi connectivity index (χ1v) is 25.7. The summed E-state index contributed by atoms with van der Waals surface area (Å²) in [7, 11) is 0. The molecule has 11 aromatic carbocycles. The van der Waals surface area contributed by atoms with E-state index in [2.05, 4.69) is 253 Å². The first kappa shape index (κ1) is 44.4. The summed E-state index contributed by atoms with van der Waals surface area (Å²) >= 11 is 1.86. The van der Waals surface area contributed by atoms with Crippen molar-refractivity contribution >= 4 is 71.2 Å². The van der Waals surface area contributed by atoms with Gasteiger partial charge in [0.1, 0.15) is 0 Å². The van der Waals surface area contributed by atoms with Crippen molar-refractivity contribution in [3.8, 4) is 61.3 Å². The zero-order valence-corrected chi connectivity index (χ0v) is 41.0. The number of benzene rings is 11. The lowest BCUT2D eigenvalue weighted by Gasteiger charge is -2.21. The van der Waals surface area contributed by atoms with Crippen LogP contribution >= 0.6 is 11.3 Å². The summed E-state index contributed by atoms with van der Waals surface area (Å²) < 4.78 is 5.01. The predicted octanol–water partition coefficient (Wildman–Crippen LogP) is 18.4. The molecule has 0 saturated heterocycles. The number of thiophene rings is 1. The molecule has 0 atom stereocenters. The fourth-order valence-electron chi connectivity index (χ4n) is 10.4. The van der Waals surface area contributed by atoms with E-state index in [0.29, 0.717) is 11.4 Å². The van der Waals surface area contributed by atoms with Crippen LogP contribution in [0.5, 0.6) is 0 Å². The van der Waals surface area contributed by atoms with Crippen LogP contribution in [-0.4, -0.2) is 22.5 Å². The molecular weight excluding hydrogens is 917 g/mol. The third-order valence-electron chi connectivity index (χ3n) is 13.9. The van der Waals surface area contributed by atoms with Gasteiger partial charge in [0.2, 0.25) is 0 Å². The molecule has 2 aromatic heterocycles. The summed E-state index contributed by atoms with van der Waals surface area (Å²) in [5.74, 6) is 0.532. The van der Waals surface area contributed by atoms with Gasteiger partial charge in [-0.05, 0) is 98.6 Å². The maximum Gasteiger partial charge on any atom is 0.161 e. The highest BCUT2D eigenvalue weighted by atomic mass is 32.1. The lowest BCUT2D eigenvalue weighted by molar-refractivity contribution is 1.18. The quantitative estimate of drug-likeness (QED) is 0.111. The molecule has 0 saturated carbocycles. The topological polar surface area (TPSA) is 53.5 Å². The Kier molecular flexibility index (Phi) is 11.5. The number of aromatic nitrogens is 1. The standard InChI is InChI=1S/C69H46N4S/c70-68(72-69(53-36-34-50(35-37-53)47-20-6-1-7-21-47)71-45-46-40-54(48-22-8-2-9-23-48)42-55(41-46)49-24-10-3-11-25-49)56-43-60(51-26-12-4-13-27-51)66(61(44-56)52-28-14-5-15-29-52)73-62-32-18-16-31-59(62)65-63(73)39-38-58-57-30-17-19-33-64(57)74-67(58)65/h1-45,70H/b70-68?,71-45+,72-69-. The number of hydrogen-bond donors (Lipinski definition) is 1. The molecule has 2 heterocycles. The third-order valence-corrected chi connectivity index (χ3v) is 15.1. The largest absolute Gasteiger partial charge is 0.308 e. The first-order chi connectivity index (χ1) is 36.6. The van der Waals surface area contributed by atoms with Gasteiger partial charge in [0.15, 0.2) is 11.7 Å². The second-order valence-electron chi connectivity index (χ2n) is 18.5. The van der Waals surface area contributed by atoms with Gasteiger partial charge in [-0.2, -0.15) is 0 Å². The number of aliphatic imine (C=N–C) groups is 2. The minimum atomic E-state index is 0.0995. The number of fused-ring (bicyclic) bond motifs is 7. The molecule has 0 aliphatic heterocycles. The normalized spacial score (nSPS) is 11.9. The highest BCUT2D eigenvalue weighted by Gasteiger charge is 2.24. The van der Waals surface area contributed by atoms with Crippen molar-refractivity contribution in [3.63, 3.8) is 0 Å². The van der Waals surface area contributed by atoms with Gasteiger partial charge in [-0.25, -0.2) is 9.98 Å². The minimum absolute atomic E-state index is 0.0995. The average Bonchev–Trinajstić information content (AvgIpc) is 4.03. The van der Waals surface area contributed by atoms with Crippen LogP contribution in [0, 0.1) is 5.41 Å². The molecule has 5 heteroatoms. The maximum absolute atomic E-state index is 10.1. The number of nitrogens with zero attached hydrogens (tertiary/aromatic N) is 3. The van der Waals surface area contributed by atoms with Crippen molar-refractivity contribution in [2.75, 3.05) is 0 Å². The molecule has 1 N–H and O–H groups in total. The van der Waals surface area contributed by atoms with E-state index in [0.717, 1.165) is 83.5 Å². The Hall–Kier alpha value is -9.55. The maximum atomic E-state index is 10.1. The summed E-state index contributed by atoms with van der Waals surface area (Å²) in [6.07, 6.45) is 1.89. The van der Waals surface area contributed by atoms with Crippen molar-refractivity contribution in [1.29, 1.82) is 5.41 Å². The van der Waals surface area contributed by atoms with Crippen LogP contribution in [-0.2, 0) is 0 Å². The van der Waals surface area contributed by atoms with E-state index in [1.165, 1.54) is 30.9 Å². The fraction of sp³-hybridized carbons (Fsp3) is 0. The van der Waals surface area contributed by atoms with E-state index in [1.807, 2.05) is 35.8 Å². The van der Waals surface area contributed by atoms with Crippen LogP contribution in [0.3, 0.4) is 0 Å². The summed E-state index contributed by atoms with van der Waals surface area (Å²) in [6.45, 7) is 0. The van der Waals surface area contributed by atoms with Gasteiger partial charge in [0, 0.05) is 59.4 Å². The summed E-state index contributed by atoms with van der Waals surface area (Å²) in [5.41, 5.74) is 16.4. The highest BCUT2D eigenvalue weighted by molar-refractivity contribution is 7.26. The first-order valence-electron chi connectivity index (χ1n) is 24.9. The second kappa shape index (κ2) is 19.2. The molecule has 13 rings (SSSR count). The van der Waals surface area contributed by atoms with Crippen molar-refractivity contribution in [3.05, 3.63) is 284 Å². The summed E-state index contributed by atoms with van der Waals surface area (Å²) in [6, 6.07) is 93.7. The van der Waals surface area contributed by atoms with Crippen molar-refractivity contribution in [2.24, 2.45) is 9.98 Å². The van der Waals surface area contributed by atoms with Crippen LogP contribution < -0.4 is 0 Å². The highest BCUT2D eigenvalue weighted by Crippen LogP contribution is 2.46. The Bertz CT molecular complexity index is 4150. The van der Waals surface area contributed by atoms with E-state index in [-0.39, 0.29) is 5.84 Å². The van der Waals surface area contributed by atoms with Crippen LogP contribution in [0.15, 0.2) is 277 Å². The van der Waals surface area contributed by atoms with E-state index in [1.54, 1.807) is 0 Å². The molecule has 0 amide bonds. The van der Waals surface area contributed by atoms with Gasteiger partial charge in [0.25, 0.3) is 0 Å². The number of nitrogens with one attached hydrogen (secondary N) is 1. The van der Waals surface area contributed by atoms with Gasteiger partial charge in [0.05, 0.1) is 16.7 Å². The smallest absolute Gasteiger partial charge is 0.161 e. The Morgan fingerprint density at radius 3 is 1.46 bits per heavy atom. The van der Waals surface area contributed by atoms with Crippen molar-refractivity contribution < 1.29 is 0 Å². The molecule has 0 spiro atoms. The summed E-state index contributed by atoms with van der Waals surface area (Å²) in [5, 5.41) is 15.0. The van der Waals surface area contributed by atoms with E-state index in [4.69, 9.17) is 9.98 Å². The molecule has 0 fully saturated rings. The van der Waals surface area contributed by atoms with Gasteiger partial charge < -0.3 is 4.57 Å². The molecule has 348 valence electrons. The minimum Gasteiger partial charge on any atom is -0.308 e. The molecule has 4 nitrogen and oxygen atoms in total. The Morgan fingerprint density at radius 1 is 0.392 bits per heavy atom. The monoisotopic (exact) mass is 962 g/mol. The molecule has 0 aliphatic carbocycles. The van der Waals surface area contributed by atoms with Crippen molar-refractivity contribution in [2.45, 2.75) is 0 Å². The number of rotatable bonds is 9. The van der Waals surface area contributed by atoms with Crippen LogP contribution in [0.1, 0.15) is 16.7 Å². The van der Waals surface area contributed by atoms with Gasteiger partial charge >= 0.3 is 0 Å². The van der Waals surface area contributed by atoms with Crippen LogP contribution in [0.25, 0.3) is 103 Å². The number of para-hydroxylation sites is 1. The van der Waals surface area contributed by atoms with Crippen molar-refractivity contribution in [1.82, 2.24) is 4.57 Å². The second-order valence-corrected chi connectivity index (χ2v) is 19.6.